The zero-order chi connectivity index (χ0) is 18.7. The molecule has 0 spiro atoms. The molecule has 4 rings (SSSR count). The van der Waals surface area contributed by atoms with E-state index in [1.165, 1.54) is 32.1 Å². The zero-order valence-electron chi connectivity index (χ0n) is 15.7. The minimum Gasteiger partial charge on any atom is -0.379 e. The van der Waals surface area contributed by atoms with E-state index in [4.69, 9.17) is 4.63 Å². The first kappa shape index (κ1) is 18.4. The van der Waals surface area contributed by atoms with Crippen LogP contribution in [0.5, 0.6) is 0 Å². The van der Waals surface area contributed by atoms with Crippen molar-refractivity contribution >= 4 is 16.9 Å². The summed E-state index contributed by atoms with van der Waals surface area (Å²) in [6.45, 7) is 2.40. The van der Waals surface area contributed by atoms with Gasteiger partial charge in [-0.1, -0.05) is 25.3 Å². The van der Waals surface area contributed by atoms with E-state index in [0.29, 0.717) is 24.4 Å². The van der Waals surface area contributed by atoms with Crippen LogP contribution in [0, 0.1) is 5.92 Å². The minimum atomic E-state index is -1.30. The normalized spacial score (nSPS) is 24.6. The van der Waals surface area contributed by atoms with Gasteiger partial charge in [-0.05, 0) is 59.6 Å². The van der Waals surface area contributed by atoms with E-state index in [2.05, 4.69) is 15.6 Å². The van der Waals surface area contributed by atoms with E-state index < -0.39 is 5.60 Å². The third-order valence-electron chi connectivity index (χ3n) is 5.97. The van der Waals surface area contributed by atoms with Gasteiger partial charge in [-0.15, -0.1) is 0 Å². The molecular weight excluding hydrogens is 344 g/mol. The zero-order valence-corrected chi connectivity index (χ0v) is 15.7. The summed E-state index contributed by atoms with van der Waals surface area (Å²) in [5, 5.41) is 21.9. The Labute approximate surface area is 159 Å². The Kier molecular flexibility index (Phi) is 5.41. The standard InChI is InChI=1S/C20H28N4O3/c25-19-20(26,9-4-10-24(19)13-15-5-2-1-3-6-15)14-21-12-16-7-8-17-18(11-16)23-27-22-17/h7-8,11,15,21,26H,1-6,9-10,12-14H2/t20-/m0/s1. The summed E-state index contributed by atoms with van der Waals surface area (Å²) in [6, 6.07) is 5.71. The number of benzene rings is 1. The number of hydrogen-bond donors (Lipinski definition) is 2. The molecule has 2 fully saturated rings. The molecule has 0 radical (unpaired) electrons. The van der Waals surface area contributed by atoms with Crippen LogP contribution in [0.4, 0.5) is 0 Å². The number of carbonyl (C=O) groups is 1. The SMILES string of the molecule is O=C1N(CC2CCCCC2)CCC[C@]1(O)CNCc1ccc2nonc2c1. The highest BCUT2D eigenvalue weighted by atomic mass is 16.6. The van der Waals surface area contributed by atoms with Gasteiger partial charge in [-0.25, -0.2) is 4.63 Å². The number of carbonyl (C=O) groups excluding carboxylic acids is 1. The molecule has 2 aromatic rings. The van der Waals surface area contributed by atoms with Gasteiger partial charge < -0.3 is 15.3 Å². The van der Waals surface area contributed by atoms with Crippen LogP contribution in [0.2, 0.25) is 0 Å². The van der Waals surface area contributed by atoms with E-state index >= 15 is 0 Å². The molecule has 146 valence electrons. The van der Waals surface area contributed by atoms with Crippen molar-refractivity contribution in [3.05, 3.63) is 23.8 Å². The summed E-state index contributed by atoms with van der Waals surface area (Å²) in [4.78, 5) is 14.8. The Morgan fingerprint density at radius 1 is 1.19 bits per heavy atom. The van der Waals surface area contributed by atoms with Gasteiger partial charge in [0.05, 0.1) is 0 Å². The average Bonchev–Trinajstić information content (AvgIpc) is 3.14. The van der Waals surface area contributed by atoms with Crippen LogP contribution in [-0.4, -0.2) is 51.5 Å². The second-order valence-corrected chi connectivity index (χ2v) is 8.08. The monoisotopic (exact) mass is 372 g/mol. The lowest BCUT2D eigenvalue weighted by molar-refractivity contribution is -0.157. The number of rotatable bonds is 6. The van der Waals surface area contributed by atoms with Gasteiger partial charge in [0.1, 0.15) is 11.0 Å². The predicted octanol–water partition coefficient (Wildman–Crippen LogP) is 2.25. The molecule has 2 aliphatic rings. The molecule has 7 nitrogen and oxygen atoms in total. The Hall–Kier alpha value is -1.99. The highest BCUT2D eigenvalue weighted by molar-refractivity contribution is 5.86. The van der Waals surface area contributed by atoms with Crippen molar-refractivity contribution in [2.75, 3.05) is 19.6 Å². The molecule has 2 heterocycles. The van der Waals surface area contributed by atoms with Gasteiger partial charge in [0, 0.05) is 26.2 Å². The van der Waals surface area contributed by atoms with Gasteiger partial charge in [0.2, 0.25) is 0 Å². The Bertz CT molecular complexity index is 786. The second kappa shape index (κ2) is 7.94. The third kappa shape index (κ3) is 4.14. The number of amides is 1. The van der Waals surface area contributed by atoms with Crippen molar-refractivity contribution in [2.45, 2.75) is 57.1 Å². The molecule has 7 heteroatoms. The molecule has 1 aromatic carbocycles. The Balaban J connectivity index is 1.33. The molecule has 1 saturated heterocycles. The van der Waals surface area contributed by atoms with Crippen molar-refractivity contribution in [3.63, 3.8) is 0 Å². The van der Waals surface area contributed by atoms with E-state index in [-0.39, 0.29) is 12.5 Å². The van der Waals surface area contributed by atoms with E-state index in [1.807, 2.05) is 23.1 Å². The number of aromatic nitrogens is 2. The molecular formula is C20H28N4O3. The summed E-state index contributed by atoms with van der Waals surface area (Å²) in [5.41, 5.74) is 1.15. The number of nitrogens with one attached hydrogen (secondary N) is 1. The van der Waals surface area contributed by atoms with Crippen LogP contribution >= 0.6 is 0 Å². The van der Waals surface area contributed by atoms with Gasteiger partial charge in [0.25, 0.3) is 5.91 Å². The summed E-state index contributed by atoms with van der Waals surface area (Å²) in [7, 11) is 0. The van der Waals surface area contributed by atoms with Crippen molar-refractivity contribution in [2.24, 2.45) is 5.92 Å². The lowest BCUT2D eigenvalue weighted by atomic mass is 9.86. The second-order valence-electron chi connectivity index (χ2n) is 8.08. The molecule has 1 aliphatic heterocycles. The summed E-state index contributed by atoms with van der Waals surface area (Å²) < 4.78 is 4.71. The first-order valence-corrected chi connectivity index (χ1v) is 10.1. The number of fused-ring (bicyclic) bond motifs is 1. The highest BCUT2D eigenvalue weighted by Crippen LogP contribution is 2.28. The molecule has 27 heavy (non-hydrogen) atoms. The number of piperidine rings is 1. The number of nitrogens with zero attached hydrogens (tertiary/aromatic N) is 3. The Morgan fingerprint density at radius 3 is 2.85 bits per heavy atom. The topological polar surface area (TPSA) is 91.5 Å². The molecule has 0 bridgehead atoms. The van der Waals surface area contributed by atoms with Crippen LogP contribution in [0.15, 0.2) is 22.8 Å². The van der Waals surface area contributed by atoms with E-state index in [9.17, 15) is 9.90 Å². The van der Waals surface area contributed by atoms with E-state index in [0.717, 1.165) is 30.6 Å². The van der Waals surface area contributed by atoms with Gasteiger partial charge in [-0.2, -0.15) is 0 Å². The molecule has 1 aliphatic carbocycles. The predicted molar refractivity (Wildman–Crippen MR) is 101 cm³/mol. The van der Waals surface area contributed by atoms with Gasteiger partial charge in [0.15, 0.2) is 5.60 Å². The number of hydrogen-bond acceptors (Lipinski definition) is 6. The van der Waals surface area contributed by atoms with Crippen LogP contribution in [0.1, 0.15) is 50.5 Å². The molecule has 1 aromatic heterocycles. The molecule has 1 amide bonds. The summed E-state index contributed by atoms with van der Waals surface area (Å²) in [5.74, 6) is 0.490. The largest absolute Gasteiger partial charge is 0.379 e. The maximum atomic E-state index is 12.9. The van der Waals surface area contributed by atoms with Crippen molar-refractivity contribution in [1.29, 1.82) is 0 Å². The molecule has 1 atom stereocenters. The average molecular weight is 372 g/mol. The molecule has 2 N–H and O–H groups in total. The fourth-order valence-electron chi connectivity index (χ4n) is 4.44. The molecule has 0 unspecified atom stereocenters. The highest BCUT2D eigenvalue weighted by Gasteiger charge is 2.42. The van der Waals surface area contributed by atoms with Crippen molar-refractivity contribution in [1.82, 2.24) is 20.5 Å². The lowest BCUT2D eigenvalue weighted by Gasteiger charge is -2.40. The smallest absolute Gasteiger partial charge is 0.255 e. The fraction of sp³-hybridized carbons (Fsp3) is 0.650. The first-order valence-electron chi connectivity index (χ1n) is 10.1. The number of aliphatic hydroxyl groups is 1. The first-order chi connectivity index (χ1) is 13.1. The quantitative estimate of drug-likeness (QED) is 0.808. The molecule has 1 saturated carbocycles. The lowest BCUT2D eigenvalue weighted by Crippen LogP contribution is -2.58. The van der Waals surface area contributed by atoms with Gasteiger partial charge in [-0.3, -0.25) is 4.79 Å². The third-order valence-corrected chi connectivity index (χ3v) is 5.97. The van der Waals surface area contributed by atoms with E-state index in [1.54, 1.807) is 0 Å². The minimum absolute atomic E-state index is 0.108. The summed E-state index contributed by atoms with van der Waals surface area (Å²) >= 11 is 0. The van der Waals surface area contributed by atoms with Crippen LogP contribution in [-0.2, 0) is 11.3 Å². The van der Waals surface area contributed by atoms with Crippen molar-refractivity contribution < 1.29 is 14.5 Å². The maximum absolute atomic E-state index is 12.9. The fourth-order valence-corrected chi connectivity index (χ4v) is 4.44. The Morgan fingerprint density at radius 2 is 2.00 bits per heavy atom. The van der Waals surface area contributed by atoms with Gasteiger partial charge >= 0.3 is 0 Å². The number of likely N-dealkylation sites (tertiary alicyclic amines) is 1. The maximum Gasteiger partial charge on any atom is 0.255 e. The van der Waals surface area contributed by atoms with Crippen molar-refractivity contribution in [3.8, 4) is 0 Å². The van der Waals surface area contributed by atoms with Crippen LogP contribution in [0.25, 0.3) is 11.0 Å². The summed E-state index contributed by atoms with van der Waals surface area (Å²) in [6.07, 6.45) is 7.64. The van der Waals surface area contributed by atoms with Crippen LogP contribution < -0.4 is 5.32 Å². The van der Waals surface area contributed by atoms with Crippen LogP contribution in [0.3, 0.4) is 0 Å².